The molecule has 2 N–H and O–H groups in total. The molecule has 1 aromatic carbocycles. The third-order valence-corrected chi connectivity index (χ3v) is 4.09. The van der Waals surface area contributed by atoms with Crippen LogP contribution in [0, 0.1) is 0 Å². The minimum atomic E-state index is 0.0373. The minimum absolute atomic E-state index is 0.0373. The van der Waals surface area contributed by atoms with E-state index in [2.05, 4.69) is 10.2 Å². The average molecular weight is 282 g/mol. The van der Waals surface area contributed by atoms with Crippen LogP contribution in [0.2, 0.25) is 5.02 Å². The number of phenolic OH excluding ortho intramolecular Hbond substituents is 1. The first-order valence-corrected chi connectivity index (χ1v) is 6.76. The van der Waals surface area contributed by atoms with Crippen molar-refractivity contribution >= 4 is 17.6 Å². The molecule has 2 aliphatic rings. The highest BCUT2D eigenvalue weighted by atomic mass is 35.5. The summed E-state index contributed by atoms with van der Waals surface area (Å²) < 4.78 is 0. The zero-order valence-corrected chi connectivity index (χ0v) is 11.2. The molecule has 0 spiro atoms. The molecule has 5 nitrogen and oxygen atoms in total. The van der Waals surface area contributed by atoms with Gasteiger partial charge in [0.05, 0.1) is 11.1 Å². The largest absolute Gasteiger partial charge is 0.506 e. The lowest BCUT2D eigenvalue weighted by Crippen LogP contribution is -2.51. The van der Waals surface area contributed by atoms with Crippen LogP contribution in [0.1, 0.15) is 5.56 Å². The quantitative estimate of drug-likeness (QED) is 0.858. The molecular weight excluding hydrogens is 266 g/mol. The lowest BCUT2D eigenvalue weighted by Gasteiger charge is -2.36. The number of para-hydroxylation sites is 1. The van der Waals surface area contributed by atoms with Crippen molar-refractivity contribution < 1.29 is 9.90 Å². The van der Waals surface area contributed by atoms with Gasteiger partial charge in [-0.3, -0.25) is 4.90 Å². The van der Waals surface area contributed by atoms with Gasteiger partial charge in [0.2, 0.25) is 0 Å². The van der Waals surface area contributed by atoms with Crippen LogP contribution >= 0.6 is 11.6 Å². The molecule has 0 bridgehead atoms. The van der Waals surface area contributed by atoms with Crippen molar-refractivity contribution in [3.8, 4) is 5.75 Å². The Hall–Kier alpha value is -1.46. The fraction of sp³-hybridized carbons (Fsp3) is 0.462. The van der Waals surface area contributed by atoms with Crippen molar-refractivity contribution in [3.05, 3.63) is 28.8 Å². The molecule has 1 aromatic rings. The third-order valence-electron chi connectivity index (χ3n) is 3.78. The first kappa shape index (κ1) is 12.6. The van der Waals surface area contributed by atoms with E-state index < -0.39 is 0 Å². The van der Waals surface area contributed by atoms with Crippen LogP contribution < -0.4 is 5.32 Å². The number of halogens is 1. The van der Waals surface area contributed by atoms with Crippen LogP contribution in [0.4, 0.5) is 4.79 Å². The van der Waals surface area contributed by atoms with E-state index in [4.69, 9.17) is 11.6 Å². The predicted octanol–water partition coefficient (Wildman–Crippen LogP) is 1.25. The Morgan fingerprint density at radius 1 is 1.42 bits per heavy atom. The Morgan fingerprint density at radius 3 is 3.11 bits per heavy atom. The topological polar surface area (TPSA) is 55.8 Å². The molecule has 3 rings (SSSR count). The van der Waals surface area contributed by atoms with Crippen molar-refractivity contribution in [2.75, 3.05) is 26.2 Å². The van der Waals surface area contributed by atoms with Crippen LogP contribution in [0.3, 0.4) is 0 Å². The smallest absolute Gasteiger partial charge is 0.317 e. The van der Waals surface area contributed by atoms with E-state index in [1.807, 2.05) is 17.0 Å². The summed E-state index contributed by atoms with van der Waals surface area (Å²) in [4.78, 5) is 15.6. The maximum Gasteiger partial charge on any atom is 0.317 e. The molecule has 0 saturated carbocycles. The summed E-state index contributed by atoms with van der Waals surface area (Å²) in [5.41, 5.74) is 0.832. The highest BCUT2D eigenvalue weighted by molar-refractivity contribution is 6.32. The Morgan fingerprint density at radius 2 is 2.26 bits per heavy atom. The van der Waals surface area contributed by atoms with E-state index >= 15 is 0 Å². The molecule has 19 heavy (non-hydrogen) atoms. The van der Waals surface area contributed by atoms with Gasteiger partial charge in [-0.2, -0.15) is 0 Å². The number of fused-ring (bicyclic) bond motifs is 1. The van der Waals surface area contributed by atoms with Gasteiger partial charge in [0.25, 0.3) is 0 Å². The van der Waals surface area contributed by atoms with Crippen LogP contribution in [0.5, 0.6) is 5.75 Å². The molecule has 0 aliphatic carbocycles. The Kier molecular flexibility index (Phi) is 3.24. The van der Waals surface area contributed by atoms with E-state index in [-0.39, 0.29) is 17.8 Å². The number of hydrogen-bond acceptors (Lipinski definition) is 3. The van der Waals surface area contributed by atoms with E-state index in [9.17, 15) is 9.90 Å². The monoisotopic (exact) mass is 281 g/mol. The average Bonchev–Trinajstić information content (AvgIpc) is 2.76. The molecule has 2 saturated heterocycles. The van der Waals surface area contributed by atoms with E-state index in [1.54, 1.807) is 6.07 Å². The van der Waals surface area contributed by atoms with E-state index in [0.717, 1.165) is 25.2 Å². The number of urea groups is 1. The number of nitrogens with one attached hydrogen (secondary N) is 1. The lowest BCUT2D eigenvalue weighted by atomic mass is 10.1. The van der Waals surface area contributed by atoms with Gasteiger partial charge < -0.3 is 15.3 Å². The lowest BCUT2D eigenvalue weighted by molar-refractivity contribution is 0.116. The molecule has 2 amide bonds. The highest BCUT2D eigenvalue weighted by Gasteiger charge is 2.35. The van der Waals surface area contributed by atoms with Gasteiger partial charge in [0.15, 0.2) is 0 Å². The van der Waals surface area contributed by atoms with Crippen LogP contribution in [-0.4, -0.2) is 53.2 Å². The SMILES string of the molecule is O=C1NCC2CN(Cc3cccc(Cl)c3O)CCN12. The number of aromatic hydroxyl groups is 1. The molecule has 6 heteroatoms. The van der Waals surface area contributed by atoms with Crippen LogP contribution in [0.15, 0.2) is 18.2 Å². The van der Waals surface area contributed by atoms with Crippen molar-refractivity contribution in [1.82, 2.24) is 15.1 Å². The fourth-order valence-corrected chi connectivity index (χ4v) is 2.93. The standard InChI is InChI=1S/C13H16ClN3O2/c14-11-3-1-2-9(12(11)18)7-16-4-5-17-10(8-16)6-15-13(17)19/h1-3,10,18H,4-8H2,(H,15,19). The molecule has 2 heterocycles. The van der Waals surface area contributed by atoms with E-state index in [1.165, 1.54) is 0 Å². The Balaban J connectivity index is 1.68. The van der Waals surface area contributed by atoms with Crippen LogP contribution in [0.25, 0.3) is 0 Å². The van der Waals surface area contributed by atoms with E-state index in [0.29, 0.717) is 18.1 Å². The fourth-order valence-electron chi connectivity index (χ4n) is 2.74. The number of hydrogen-bond donors (Lipinski definition) is 2. The maximum atomic E-state index is 11.5. The normalized spacial score (nSPS) is 23.3. The minimum Gasteiger partial charge on any atom is -0.506 e. The molecule has 2 aliphatic heterocycles. The number of carbonyl (C=O) groups excluding carboxylic acids is 1. The number of amides is 2. The molecule has 0 aromatic heterocycles. The second-order valence-corrected chi connectivity index (χ2v) is 5.42. The number of piperazine rings is 1. The molecule has 1 unspecified atom stereocenters. The number of phenols is 1. The maximum absolute atomic E-state index is 11.5. The van der Waals surface area contributed by atoms with Crippen LogP contribution in [-0.2, 0) is 6.54 Å². The second kappa shape index (κ2) is 4.90. The summed E-state index contributed by atoms with van der Waals surface area (Å²) in [5, 5.41) is 13.2. The molecule has 102 valence electrons. The number of nitrogens with zero attached hydrogens (tertiary/aromatic N) is 2. The second-order valence-electron chi connectivity index (χ2n) is 5.02. The van der Waals surface area contributed by atoms with Crippen molar-refractivity contribution in [2.24, 2.45) is 0 Å². The highest BCUT2D eigenvalue weighted by Crippen LogP contribution is 2.28. The summed E-state index contributed by atoms with van der Waals surface area (Å²) in [6, 6.07) is 5.68. The van der Waals surface area contributed by atoms with Gasteiger partial charge in [0, 0.05) is 38.3 Å². The third kappa shape index (κ3) is 2.35. The zero-order valence-electron chi connectivity index (χ0n) is 10.5. The molecule has 1 atom stereocenters. The van der Waals surface area contributed by atoms with Crippen molar-refractivity contribution in [2.45, 2.75) is 12.6 Å². The summed E-state index contributed by atoms with van der Waals surface area (Å²) in [5.74, 6) is 0.159. The van der Waals surface area contributed by atoms with Gasteiger partial charge in [-0.25, -0.2) is 4.79 Å². The van der Waals surface area contributed by atoms with Crippen molar-refractivity contribution in [3.63, 3.8) is 0 Å². The van der Waals surface area contributed by atoms with Gasteiger partial charge in [0.1, 0.15) is 5.75 Å². The van der Waals surface area contributed by atoms with Gasteiger partial charge in [-0.15, -0.1) is 0 Å². The Labute approximate surface area is 116 Å². The first-order valence-electron chi connectivity index (χ1n) is 6.38. The summed E-state index contributed by atoms with van der Waals surface area (Å²) >= 11 is 5.91. The van der Waals surface area contributed by atoms with Gasteiger partial charge in [-0.05, 0) is 6.07 Å². The molecule has 2 fully saturated rings. The summed E-state index contributed by atoms with van der Waals surface area (Å²) in [7, 11) is 0. The van der Waals surface area contributed by atoms with Crippen molar-refractivity contribution in [1.29, 1.82) is 0 Å². The first-order chi connectivity index (χ1) is 9.15. The number of rotatable bonds is 2. The summed E-state index contributed by atoms with van der Waals surface area (Å²) in [6.45, 7) is 3.74. The summed E-state index contributed by atoms with van der Waals surface area (Å²) in [6.07, 6.45) is 0. The predicted molar refractivity (Wildman–Crippen MR) is 72.3 cm³/mol. The van der Waals surface area contributed by atoms with Gasteiger partial charge >= 0.3 is 6.03 Å². The molecular formula is C13H16ClN3O2. The molecule has 0 radical (unpaired) electrons. The zero-order chi connectivity index (χ0) is 13.4. The number of benzene rings is 1. The Bertz CT molecular complexity index is 509. The van der Waals surface area contributed by atoms with Gasteiger partial charge in [-0.1, -0.05) is 23.7 Å². The number of carbonyl (C=O) groups is 1.